The summed E-state index contributed by atoms with van der Waals surface area (Å²) in [5.74, 6) is 0.110. The van der Waals surface area contributed by atoms with Crippen LogP contribution in [-0.4, -0.2) is 17.4 Å². The maximum atomic E-state index is 12.6. The number of rotatable bonds is 9. The highest BCUT2D eigenvalue weighted by Crippen LogP contribution is 2.31. The molecule has 8 nitrogen and oxygen atoms in total. The SMILES string of the molecule is CCOc1cc(C=C(C#N)C(=O)Nc2ccc(Cl)cc2[N+](=O)[O-])ccc1OCc1ccc(Cl)cc1. The van der Waals surface area contributed by atoms with Crippen LogP contribution in [0.4, 0.5) is 11.4 Å². The first kappa shape index (κ1) is 25.6. The molecule has 3 aromatic rings. The number of hydrogen-bond acceptors (Lipinski definition) is 6. The molecule has 0 aliphatic rings. The highest BCUT2D eigenvalue weighted by Gasteiger charge is 2.19. The van der Waals surface area contributed by atoms with Crippen molar-refractivity contribution in [1.29, 1.82) is 5.26 Å². The van der Waals surface area contributed by atoms with Gasteiger partial charge in [-0.2, -0.15) is 5.26 Å². The second-order valence-corrected chi connectivity index (χ2v) is 7.97. The summed E-state index contributed by atoms with van der Waals surface area (Å²) in [6.07, 6.45) is 1.35. The zero-order chi connectivity index (χ0) is 25.4. The number of carbonyl (C=O) groups is 1. The summed E-state index contributed by atoms with van der Waals surface area (Å²) >= 11 is 11.7. The van der Waals surface area contributed by atoms with Crippen molar-refractivity contribution < 1.29 is 19.2 Å². The maximum Gasteiger partial charge on any atom is 0.294 e. The molecule has 0 saturated carbocycles. The summed E-state index contributed by atoms with van der Waals surface area (Å²) in [6, 6.07) is 17.8. The Bertz CT molecular complexity index is 1320. The first-order chi connectivity index (χ1) is 16.8. The van der Waals surface area contributed by atoms with Gasteiger partial charge in [-0.3, -0.25) is 14.9 Å². The van der Waals surface area contributed by atoms with Gasteiger partial charge in [0.05, 0.1) is 11.5 Å². The number of nitrogens with zero attached hydrogens (tertiary/aromatic N) is 2. The van der Waals surface area contributed by atoms with Gasteiger partial charge in [0.15, 0.2) is 11.5 Å². The molecule has 3 rings (SSSR count). The van der Waals surface area contributed by atoms with E-state index >= 15 is 0 Å². The molecule has 0 fully saturated rings. The Morgan fingerprint density at radius 3 is 2.43 bits per heavy atom. The van der Waals surface area contributed by atoms with Crippen molar-refractivity contribution in [2.45, 2.75) is 13.5 Å². The molecule has 1 N–H and O–H groups in total. The summed E-state index contributed by atoms with van der Waals surface area (Å²) in [5, 5.41) is 23.9. The number of halogens is 2. The van der Waals surface area contributed by atoms with Crippen LogP contribution in [0.1, 0.15) is 18.1 Å². The number of hydrogen-bond donors (Lipinski definition) is 1. The topological polar surface area (TPSA) is 114 Å². The van der Waals surface area contributed by atoms with E-state index < -0.39 is 10.8 Å². The Morgan fingerprint density at radius 2 is 1.77 bits per heavy atom. The van der Waals surface area contributed by atoms with Crippen LogP contribution in [0, 0.1) is 21.4 Å². The third-order valence-electron chi connectivity index (χ3n) is 4.66. The smallest absolute Gasteiger partial charge is 0.294 e. The third-order valence-corrected chi connectivity index (χ3v) is 5.14. The van der Waals surface area contributed by atoms with E-state index in [1.54, 1.807) is 30.3 Å². The molecule has 0 atom stereocenters. The molecule has 0 aromatic heterocycles. The molecule has 0 aliphatic heterocycles. The van der Waals surface area contributed by atoms with Crippen molar-refractivity contribution in [3.05, 3.63) is 97.5 Å². The molecule has 0 radical (unpaired) electrons. The molecule has 178 valence electrons. The minimum atomic E-state index is -0.807. The van der Waals surface area contributed by atoms with Crippen molar-refractivity contribution in [3.8, 4) is 17.6 Å². The molecular weight excluding hydrogens is 493 g/mol. The van der Waals surface area contributed by atoms with Gasteiger partial charge in [0.2, 0.25) is 0 Å². The number of anilines is 1. The number of amides is 1. The van der Waals surface area contributed by atoms with Crippen LogP contribution < -0.4 is 14.8 Å². The molecule has 0 unspecified atom stereocenters. The van der Waals surface area contributed by atoms with Gasteiger partial charge in [0.25, 0.3) is 11.6 Å². The fourth-order valence-electron chi connectivity index (χ4n) is 3.01. The lowest BCUT2D eigenvalue weighted by Crippen LogP contribution is -2.14. The molecule has 35 heavy (non-hydrogen) atoms. The van der Waals surface area contributed by atoms with Gasteiger partial charge in [-0.25, -0.2) is 0 Å². The summed E-state index contributed by atoms with van der Waals surface area (Å²) in [6.45, 7) is 2.48. The zero-order valence-corrected chi connectivity index (χ0v) is 20.0. The fourth-order valence-corrected chi connectivity index (χ4v) is 3.30. The lowest BCUT2D eigenvalue weighted by Gasteiger charge is -2.13. The van der Waals surface area contributed by atoms with Crippen LogP contribution in [0.3, 0.4) is 0 Å². The van der Waals surface area contributed by atoms with E-state index in [1.165, 1.54) is 18.2 Å². The second kappa shape index (κ2) is 11.9. The molecule has 0 heterocycles. The Labute approximate surface area is 211 Å². The summed E-state index contributed by atoms with van der Waals surface area (Å²) in [7, 11) is 0. The average Bonchev–Trinajstić information content (AvgIpc) is 2.84. The Morgan fingerprint density at radius 1 is 1.06 bits per heavy atom. The number of carbonyl (C=O) groups excluding carboxylic acids is 1. The van der Waals surface area contributed by atoms with E-state index in [1.807, 2.05) is 25.1 Å². The quantitative estimate of drug-likeness (QED) is 0.153. The van der Waals surface area contributed by atoms with Crippen molar-refractivity contribution in [3.63, 3.8) is 0 Å². The van der Waals surface area contributed by atoms with Crippen molar-refractivity contribution in [2.75, 3.05) is 11.9 Å². The Hall–Kier alpha value is -4.06. The molecular formula is C25H19Cl2N3O5. The first-order valence-electron chi connectivity index (χ1n) is 10.3. The van der Waals surface area contributed by atoms with Crippen LogP contribution in [-0.2, 0) is 11.4 Å². The number of ether oxygens (including phenoxy) is 2. The number of nitro benzene ring substituents is 1. The summed E-state index contributed by atoms with van der Waals surface area (Å²) in [5.41, 5.74) is 0.701. The van der Waals surface area contributed by atoms with E-state index in [0.29, 0.717) is 28.7 Å². The van der Waals surface area contributed by atoms with Gasteiger partial charge < -0.3 is 14.8 Å². The standard InChI is InChI=1S/C25H19Cl2N3O5/c1-2-34-24-12-17(5-10-23(24)35-15-16-3-6-19(26)7-4-16)11-18(14-28)25(31)29-21-9-8-20(27)13-22(21)30(32)33/h3-13H,2,15H2,1H3,(H,29,31). The zero-order valence-electron chi connectivity index (χ0n) is 18.5. The number of nitro groups is 1. The lowest BCUT2D eigenvalue weighted by molar-refractivity contribution is -0.383. The fraction of sp³-hybridized carbons (Fsp3) is 0.120. The minimum absolute atomic E-state index is 0.0773. The normalized spacial score (nSPS) is 10.9. The molecule has 1 amide bonds. The van der Waals surface area contributed by atoms with Crippen molar-refractivity contribution in [2.24, 2.45) is 0 Å². The molecule has 10 heteroatoms. The predicted molar refractivity (Wildman–Crippen MR) is 134 cm³/mol. The number of benzene rings is 3. The van der Waals surface area contributed by atoms with E-state index in [9.17, 15) is 20.2 Å². The lowest BCUT2D eigenvalue weighted by atomic mass is 10.1. The van der Waals surface area contributed by atoms with Gasteiger partial charge in [-0.1, -0.05) is 41.4 Å². The van der Waals surface area contributed by atoms with Crippen molar-refractivity contribution in [1.82, 2.24) is 0 Å². The van der Waals surface area contributed by atoms with Crippen LogP contribution in [0.25, 0.3) is 6.08 Å². The Kier molecular flexibility index (Phi) is 8.68. The highest BCUT2D eigenvalue weighted by molar-refractivity contribution is 6.31. The molecule has 0 aliphatic carbocycles. The van der Waals surface area contributed by atoms with Crippen LogP contribution >= 0.6 is 23.2 Å². The molecule has 0 spiro atoms. The predicted octanol–water partition coefficient (Wildman–Crippen LogP) is 6.42. The maximum absolute atomic E-state index is 12.6. The van der Waals surface area contributed by atoms with Crippen LogP contribution in [0.5, 0.6) is 11.5 Å². The van der Waals surface area contributed by atoms with E-state index in [-0.39, 0.29) is 28.6 Å². The molecule has 0 saturated heterocycles. The van der Waals surface area contributed by atoms with E-state index in [4.69, 9.17) is 32.7 Å². The summed E-state index contributed by atoms with van der Waals surface area (Å²) in [4.78, 5) is 23.2. The van der Waals surface area contributed by atoms with Crippen LogP contribution in [0.2, 0.25) is 10.0 Å². The molecule has 3 aromatic carbocycles. The minimum Gasteiger partial charge on any atom is -0.490 e. The number of nitrogens with one attached hydrogen (secondary N) is 1. The largest absolute Gasteiger partial charge is 0.490 e. The average molecular weight is 512 g/mol. The van der Waals surface area contributed by atoms with Gasteiger partial charge >= 0.3 is 0 Å². The second-order valence-electron chi connectivity index (χ2n) is 7.10. The van der Waals surface area contributed by atoms with Gasteiger partial charge in [0, 0.05) is 16.1 Å². The van der Waals surface area contributed by atoms with E-state index in [0.717, 1.165) is 11.6 Å². The van der Waals surface area contributed by atoms with Crippen LogP contribution in [0.15, 0.2) is 66.2 Å². The number of nitriles is 1. The monoisotopic (exact) mass is 511 g/mol. The summed E-state index contributed by atoms with van der Waals surface area (Å²) < 4.78 is 11.5. The van der Waals surface area contributed by atoms with Gasteiger partial charge in [-0.15, -0.1) is 0 Å². The van der Waals surface area contributed by atoms with Crippen molar-refractivity contribution >= 4 is 46.6 Å². The Balaban J connectivity index is 1.81. The molecule has 0 bridgehead atoms. The van der Waals surface area contributed by atoms with Gasteiger partial charge in [-0.05, 0) is 60.5 Å². The highest BCUT2D eigenvalue weighted by atomic mass is 35.5. The van der Waals surface area contributed by atoms with E-state index in [2.05, 4.69) is 5.32 Å². The first-order valence-corrected chi connectivity index (χ1v) is 11.1. The third kappa shape index (κ3) is 6.96. The van der Waals surface area contributed by atoms with Gasteiger partial charge in [0.1, 0.15) is 23.9 Å².